The summed E-state index contributed by atoms with van der Waals surface area (Å²) in [4.78, 5) is 27.8. The topological polar surface area (TPSA) is 108 Å². The highest BCUT2D eigenvalue weighted by Gasteiger charge is 2.29. The smallest absolute Gasteiger partial charge is 0.338 e. The molecule has 10 heteroatoms. The van der Waals surface area contributed by atoms with Crippen LogP contribution in [0, 0.1) is 0 Å². The van der Waals surface area contributed by atoms with Crippen LogP contribution in [0.4, 0.5) is 17.1 Å². The number of benzene rings is 4. The second kappa shape index (κ2) is 14.4. The van der Waals surface area contributed by atoms with Gasteiger partial charge in [0.2, 0.25) is 10.0 Å². The van der Waals surface area contributed by atoms with Crippen molar-refractivity contribution in [3.05, 3.63) is 125 Å². The number of nitrogens with zero attached hydrogens (tertiary/aromatic N) is 2. The van der Waals surface area contributed by atoms with E-state index in [0.717, 1.165) is 18.7 Å². The minimum atomic E-state index is -3.52. The molecule has 0 spiro atoms. The number of nitrogens with one attached hydrogen (secondary N) is 2. The third kappa shape index (κ3) is 7.82. The monoisotopic (exact) mass is 638 g/mol. The molecular formula is C36H38N4O5S. The number of amides is 1. The summed E-state index contributed by atoms with van der Waals surface area (Å²) in [5.74, 6) is -0.764. The van der Waals surface area contributed by atoms with Crippen LogP contribution in [0.15, 0.2) is 103 Å². The number of carbonyl (C=O) groups excluding carboxylic acids is 2. The van der Waals surface area contributed by atoms with Crippen molar-refractivity contribution >= 4 is 50.2 Å². The number of ether oxygens (including phenoxy) is 1. The molecule has 0 aromatic heterocycles. The molecule has 2 N–H and O–H groups in total. The molecule has 0 unspecified atom stereocenters. The van der Waals surface area contributed by atoms with E-state index in [1.165, 1.54) is 16.1 Å². The molecule has 1 heterocycles. The van der Waals surface area contributed by atoms with Crippen molar-refractivity contribution in [2.45, 2.75) is 19.9 Å². The predicted octanol–water partition coefficient (Wildman–Crippen LogP) is 6.08. The molecule has 46 heavy (non-hydrogen) atoms. The molecular weight excluding hydrogens is 600 g/mol. The van der Waals surface area contributed by atoms with Crippen molar-refractivity contribution < 1.29 is 22.7 Å². The second-order valence-corrected chi connectivity index (χ2v) is 13.0. The summed E-state index contributed by atoms with van der Waals surface area (Å²) in [7, 11) is -1.49. The molecule has 1 amide bonds. The van der Waals surface area contributed by atoms with Crippen LogP contribution >= 0.6 is 0 Å². The van der Waals surface area contributed by atoms with Crippen LogP contribution in [0.2, 0.25) is 0 Å². The number of hydrogen-bond acceptors (Lipinski definition) is 7. The van der Waals surface area contributed by atoms with Crippen molar-refractivity contribution in [2.24, 2.45) is 0 Å². The van der Waals surface area contributed by atoms with Crippen LogP contribution in [-0.2, 0) is 26.1 Å². The van der Waals surface area contributed by atoms with E-state index >= 15 is 0 Å². The number of carbonyl (C=O) groups is 2. The van der Waals surface area contributed by atoms with Crippen LogP contribution in [0.25, 0.3) is 11.3 Å². The molecule has 5 rings (SSSR count). The van der Waals surface area contributed by atoms with E-state index in [1.807, 2.05) is 55.6 Å². The summed E-state index contributed by atoms with van der Waals surface area (Å²) < 4.78 is 32.1. The number of rotatable bonds is 13. The number of esters is 1. The largest absolute Gasteiger partial charge is 0.462 e. The zero-order valence-electron chi connectivity index (χ0n) is 26.2. The first-order valence-corrected chi connectivity index (χ1v) is 17.0. The number of sulfonamides is 1. The molecule has 238 valence electrons. The van der Waals surface area contributed by atoms with E-state index in [9.17, 15) is 18.0 Å². The van der Waals surface area contributed by atoms with E-state index in [2.05, 4.69) is 27.7 Å². The van der Waals surface area contributed by atoms with Gasteiger partial charge in [0.05, 0.1) is 41.1 Å². The first kappa shape index (κ1) is 32.5. The lowest BCUT2D eigenvalue weighted by Gasteiger charge is -2.24. The van der Waals surface area contributed by atoms with Crippen molar-refractivity contribution in [1.82, 2.24) is 4.90 Å². The number of anilines is 3. The van der Waals surface area contributed by atoms with Crippen LogP contribution in [-0.4, -0.2) is 58.2 Å². The molecule has 1 aliphatic rings. The average Bonchev–Trinajstić information content (AvgIpc) is 3.37. The van der Waals surface area contributed by atoms with Gasteiger partial charge in [-0.15, -0.1) is 0 Å². The van der Waals surface area contributed by atoms with Gasteiger partial charge in [-0.1, -0.05) is 66.7 Å². The normalized spacial score (nSPS) is 13.6. The lowest BCUT2D eigenvalue weighted by molar-refractivity contribution is -0.110. The van der Waals surface area contributed by atoms with E-state index in [0.29, 0.717) is 52.4 Å². The first-order chi connectivity index (χ1) is 22.1. The Labute approximate surface area is 270 Å². The van der Waals surface area contributed by atoms with Crippen molar-refractivity contribution in [2.75, 3.05) is 47.9 Å². The Morgan fingerprint density at radius 3 is 2.20 bits per heavy atom. The molecule has 0 aliphatic carbocycles. The highest BCUT2D eigenvalue weighted by atomic mass is 32.2. The van der Waals surface area contributed by atoms with E-state index < -0.39 is 16.0 Å². The van der Waals surface area contributed by atoms with Crippen LogP contribution < -0.4 is 14.9 Å². The van der Waals surface area contributed by atoms with E-state index in [4.69, 9.17) is 4.74 Å². The van der Waals surface area contributed by atoms with Gasteiger partial charge in [0.15, 0.2) is 0 Å². The highest BCUT2D eigenvalue weighted by Crippen LogP contribution is 2.38. The summed E-state index contributed by atoms with van der Waals surface area (Å²) >= 11 is 0. The Hall–Kier alpha value is -4.93. The maximum atomic E-state index is 13.3. The Morgan fingerprint density at radius 2 is 1.54 bits per heavy atom. The van der Waals surface area contributed by atoms with Crippen LogP contribution in [0.3, 0.4) is 0 Å². The molecule has 0 radical (unpaired) electrons. The fraction of sp³-hybridized carbons (Fsp3) is 0.222. The van der Waals surface area contributed by atoms with Gasteiger partial charge in [-0.25, -0.2) is 13.2 Å². The van der Waals surface area contributed by atoms with Gasteiger partial charge in [0.25, 0.3) is 5.91 Å². The zero-order chi connectivity index (χ0) is 32.7. The SMILES string of the molecule is CCOC(=O)c1ccc2c(c1)NC(=O)C2=C(Nc1ccc(N(CCCN(C)Cc2ccccc2)S(C)(=O)=O)cc1)c1ccccc1. The quantitative estimate of drug-likeness (QED) is 0.135. The maximum absolute atomic E-state index is 13.3. The van der Waals surface area contributed by atoms with Gasteiger partial charge < -0.3 is 20.3 Å². The summed E-state index contributed by atoms with van der Waals surface area (Å²) in [5.41, 5.74) is 5.77. The van der Waals surface area contributed by atoms with Crippen LogP contribution in [0.5, 0.6) is 0 Å². The Balaban J connectivity index is 1.37. The second-order valence-electron chi connectivity index (χ2n) is 11.1. The highest BCUT2D eigenvalue weighted by molar-refractivity contribution is 7.92. The predicted molar refractivity (Wildman–Crippen MR) is 184 cm³/mol. The summed E-state index contributed by atoms with van der Waals surface area (Å²) in [6, 6.07) is 31.8. The maximum Gasteiger partial charge on any atom is 0.338 e. The lowest BCUT2D eigenvalue weighted by atomic mass is 9.99. The van der Waals surface area contributed by atoms with Gasteiger partial charge in [-0.05, 0) is 74.5 Å². The molecule has 4 aromatic rings. The average molecular weight is 639 g/mol. The summed E-state index contributed by atoms with van der Waals surface area (Å²) in [6.07, 6.45) is 1.88. The third-order valence-corrected chi connectivity index (χ3v) is 8.80. The summed E-state index contributed by atoms with van der Waals surface area (Å²) in [6.45, 7) is 3.86. The molecule has 0 saturated carbocycles. The number of hydrogen-bond donors (Lipinski definition) is 2. The Morgan fingerprint density at radius 1 is 0.870 bits per heavy atom. The molecule has 1 aliphatic heterocycles. The lowest BCUT2D eigenvalue weighted by Crippen LogP contribution is -2.33. The number of fused-ring (bicyclic) bond motifs is 1. The van der Waals surface area contributed by atoms with E-state index in [-0.39, 0.29) is 12.5 Å². The minimum Gasteiger partial charge on any atom is -0.462 e. The van der Waals surface area contributed by atoms with E-state index in [1.54, 1.807) is 49.4 Å². The fourth-order valence-corrected chi connectivity index (χ4v) is 6.41. The molecule has 4 aromatic carbocycles. The van der Waals surface area contributed by atoms with Crippen molar-refractivity contribution in [3.8, 4) is 0 Å². The molecule has 0 atom stereocenters. The van der Waals surface area contributed by atoms with Crippen molar-refractivity contribution in [3.63, 3.8) is 0 Å². The zero-order valence-corrected chi connectivity index (χ0v) is 27.0. The van der Waals surface area contributed by atoms with Gasteiger partial charge in [-0.3, -0.25) is 9.10 Å². The van der Waals surface area contributed by atoms with Gasteiger partial charge in [-0.2, -0.15) is 0 Å². The molecule has 0 fully saturated rings. The minimum absolute atomic E-state index is 0.252. The third-order valence-electron chi connectivity index (χ3n) is 7.61. The fourth-order valence-electron chi connectivity index (χ4n) is 5.45. The molecule has 0 bridgehead atoms. The molecule has 9 nitrogen and oxygen atoms in total. The van der Waals surface area contributed by atoms with Crippen molar-refractivity contribution in [1.29, 1.82) is 0 Å². The molecule has 0 saturated heterocycles. The van der Waals surface area contributed by atoms with Gasteiger partial charge in [0, 0.05) is 24.3 Å². The summed E-state index contributed by atoms with van der Waals surface area (Å²) in [5, 5.41) is 6.29. The Kier molecular flexibility index (Phi) is 10.2. The first-order valence-electron chi connectivity index (χ1n) is 15.1. The standard InChI is InChI=1S/C36H38N4O5S/c1-4-45-36(42)28-16-21-31-32(24-28)38-35(41)33(31)34(27-14-9-6-10-15-27)37-29-17-19-30(20-18-29)40(46(3,43)44)23-11-22-39(2)25-26-12-7-5-8-13-26/h5-10,12-21,24,37H,4,11,22-23,25H2,1-3H3,(H,38,41). The van der Waals surface area contributed by atoms with Crippen LogP contribution in [0.1, 0.15) is 40.4 Å². The Bertz CT molecular complexity index is 1830. The van der Waals surface area contributed by atoms with Gasteiger partial charge in [0.1, 0.15) is 0 Å². The van der Waals surface area contributed by atoms with Gasteiger partial charge >= 0.3 is 5.97 Å².